The van der Waals surface area contributed by atoms with E-state index in [4.69, 9.17) is 0 Å². The van der Waals surface area contributed by atoms with Gasteiger partial charge in [0, 0.05) is 24.3 Å². The van der Waals surface area contributed by atoms with E-state index in [-0.39, 0.29) is 12.5 Å². The van der Waals surface area contributed by atoms with Crippen molar-refractivity contribution in [2.45, 2.75) is 38.6 Å². The highest BCUT2D eigenvalue weighted by Crippen LogP contribution is 2.30. The summed E-state index contributed by atoms with van der Waals surface area (Å²) in [5.41, 5.74) is 6.31. The summed E-state index contributed by atoms with van der Waals surface area (Å²) in [5.74, 6) is -0.00857. The van der Waals surface area contributed by atoms with E-state index in [1.807, 2.05) is 62.4 Å². The number of nitrogens with one attached hydrogen (secondary N) is 1. The number of nitrogens with zero attached hydrogens (tertiary/aromatic N) is 1. The molecule has 0 radical (unpaired) electrons. The van der Waals surface area contributed by atoms with E-state index in [1.165, 1.54) is 0 Å². The summed E-state index contributed by atoms with van der Waals surface area (Å²) >= 11 is 0. The van der Waals surface area contributed by atoms with Crippen molar-refractivity contribution >= 4 is 21.6 Å². The van der Waals surface area contributed by atoms with E-state index in [0.717, 1.165) is 39.9 Å². The lowest BCUT2D eigenvalue weighted by Gasteiger charge is -2.18. The Balaban J connectivity index is 1.50. The van der Waals surface area contributed by atoms with Gasteiger partial charge < -0.3 is 4.90 Å². The lowest BCUT2D eigenvalue weighted by Crippen LogP contribution is -2.28. The molecule has 1 amide bonds. The van der Waals surface area contributed by atoms with Gasteiger partial charge in [0.2, 0.25) is 10.0 Å². The van der Waals surface area contributed by atoms with Gasteiger partial charge in [0.15, 0.2) is 0 Å². The van der Waals surface area contributed by atoms with Gasteiger partial charge in [-0.1, -0.05) is 47.5 Å². The molecule has 3 aromatic rings. The quantitative estimate of drug-likeness (QED) is 0.651. The number of amides is 1. The Morgan fingerprint density at radius 2 is 1.74 bits per heavy atom. The van der Waals surface area contributed by atoms with Crippen molar-refractivity contribution in [3.05, 3.63) is 94.0 Å². The highest BCUT2D eigenvalue weighted by molar-refractivity contribution is 7.89. The van der Waals surface area contributed by atoms with Gasteiger partial charge in [-0.2, -0.15) is 0 Å². The summed E-state index contributed by atoms with van der Waals surface area (Å²) in [6, 6.07) is 18.7. The van der Waals surface area contributed by atoms with Gasteiger partial charge in [0.25, 0.3) is 5.91 Å². The van der Waals surface area contributed by atoms with Crippen molar-refractivity contribution < 1.29 is 13.2 Å². The van der Waals surface area contributed by atoms with Crippen molar-refractivity contribution in [1.82, 2.24) is 4.72 Å². The molecule has 0 bridgehead atoms. The van der Waals surface area contributed by atoms with Crippen LogP contribution in [0, 0.1) is 20.8 Å². The van der Waals surface area contributed by atoms with Crippen LogP contribution in [0.15, 0.2) is 65.6 Å². The molecule has 0 unspecified atom stereocenters. The molecule has 0 atom stereocenters. The number of carbonyl (C=O) groups excluding carboxylic acids is 1. The lowest BCUT2D eigenvalue weighted by atomic mass is 10.1. The van der Waals surface area contributed by atoms with Gasteiger partial charge in [0.05, 0.1) is 4.90 Å². The summed E-state index contributed by atoms with van der Waals surface area (Å²) < 4.78 is 28.2. The lowest BCUT2D eigenvalue weighted by molar-refractivity contribution is 0.0989. The molecule has 0 fully saturated rings. The molecule has 0 spiro atoms. The Morgan fingerprint density at radius 3 is 2.48 bits per heavy atom. The van der Waals surface area contributed by atoms with Crippen molar-refractivity contribution in [1.29, 1.82) is 0 Å². The number of hydrogen-bond donors (Lipinski definition) is 1. The molecule has 6 heteroatoms. The molecule has 1 aliphatic heterocycles. The molecule has 3 aromatic carbocycles. The van der Waals surface area contributed by atoms with Crippen LogP contribution in [0.4, 0.5) is 5.69 Å². The summed E-state index contributed by atoms with van der Waals surface area (Å²) in [4.78, 5) is 15.1. The Labute approximate surface area is 183 Å². The van der Waals surface area contributed by atoms with Crippen molar-refractivity contribution in [2.24, 2.45) is 0 Å². The maximum atomic E-state index is 13.0. The average Bonchev–Trinajstić information content (AvgIpc) is 3.15. The van der Waals surface area contributed by atoms with E-state index in [2.05, 4.69) is 4.72 Å². The maximum absolute atomic E-state index is 13.0. The van der Waals surface area contributed by atoms with Gasteiger partial charge in [-0.3, -0.25) is 4.79 Å². The molecule has 0 aromatic heterocycles. The first-order valence-corrected chi connectivity index (χ1v) is 11.8. The molecule has 1 heterocycles. The van der Waals surface area contributed by atoms with E-state index < -0.39 is 10.0 Å². The van der Waals surface area contributed by atoms with E-state index in [9.17, 15) is 13.2 Å². The Kier molecular flexibility index (Phi) is 5.69. The standard InChI is InChI=1S/C25H26N2O3S/c1-17-5-4-6-22(14-17)25(28)27-12-11-21-15-20(8-9-23(21)27)16-26-31(29,30)24-10-7-18(2)13-19(24)3/h4-10,13-15,26H,11-12,16H2,1-3H3. The third-order valence-electron chi connectivity index (χ3n) is 5.64. The van der Waals surface area contributed by atoms with E-state index in [0.29, 0.717) is 17.0 Å². The minimum absolute atomic E-state index is 0.00857. The largest absolute Gasteiger partial charge is 0.308 e. The van der Waals surface area contributed by atoms with Crippen molar-refractivity contribution in [3.8, 4) is 0 Å². The Bertz CT molecular complexity index is 1270. The normalized spacial score (nSPS) is 13.3. The zero-order valence-electron chi connectivity index (χ0n) is 18.0. The smallest absolute Gasteiger partial charge is 0.258 e. The number of rotatable bonds is 5. The molecule has 1 aliphatic rings. The maximum Gasteiger partial charge on any atom is 0.258 e. The molecule has 31 heavy (non-hydrogen) atoms. The molecule has 4 rings (SSSR count). The minimum atomic E-state index is -3.60. The topological polar surface area (TPSA) is 66.5 Å². The van der Waals surface area contributed by atoms with Crippen molar-refractivity contribution in [2.75, 3.05) is 11.4 Å². The van der Waals surface area contributed by atoms with Gasteiger partial charge >= 0.3 is 0 Å². The zero-order valence-corrected chi connectivity index (χ0v) is 18.8. The number of carbonyl (C=O) groups is 1. The fourth-order valence-corrected chi connectivity index (χ4v) is 5.31. The first-order valence-electron chi connectivity index (χ1n) is 10.3. The first-order chi connectivity index (χ1) is 14.7. The van der Waals surface area contributed by atoms with Crippen LogP contribution in [0.2, 0.25) is 0 Å². The van der Waals surface area contributed by atoms with Crippen LogP contribution in [-0.4, -0.2) is 20.9 Å². The molecular weight excluding hydrogens is 408 g/mol. The third kappa shape index (κ3) is 4.40. The van der Waals surface area contributed by atoms with Crippen molar-refractivity contribution in [3.63, 3.8) is 0 Å². The van der Waals surface area contributed by atoms with Crippen LogP contribution in [0.1, 0.15) is 38.2 Å². The highest BCUT2D eigenvalue weighted by Gasteiger charge is 2.26. The van der Waals surface area contributed by atoms with Crippen LogP contribution >= 0.6 is 0 Å². The fourth-order valence-electron chi connectivity index (χ4n) is 4.07. The number of benzene rings is 3. The summed E-state index contributed by atoms with van der Waals surface area (Å²) in [5, 5.41) is 0. The highest BCUT2D eigenvalue weighted by atomic mass is 32.2. The minimum Gasteiger partial charge on any atom is -0.308 e. The second-order valence-corrected chi connectivity index (χ2v) is 9.87. The zero-order chi connectivity index (χ0) is 22.2. The number of fused-ring (bicyclic) bond motifs is 1. The third-order valence-corrected chi connectivity index (χ3v) is 7.20. The Morgan fingerprint density at radius 1 is 0.968 bits per heavy atom. The van der Waals surface area contributed by atoms with Gasteiger partial charge in [-0.15, -0.1) is 0 Å². The van der Waals surface area contributed by atoms with Crippen LogP contribution in [0.3, 0.4) is 0 Å². The van der Waals surface area contributed by atoms with Crippen LogP contribution < -0.4 is 9.62 Å². The number of sulfonamides is 1. The van der Waals surface area contributed by atoms with E-state index >= 15 is 0 Å². The fraction of sp³-hybridized carbons (Fsp3) is 0.240. The molecule has 160 valence electrons. The summed E-state index contributed by atoms with van der Waals surface area (Å²) in [6.07, 6.45) is 0.755. The molecule has 5 nitrogen and oxygen atoms in total. The predicted octanol–water partition coefficient (Wildman–Crippen LogP) is 4.29. The number of anilines is 1. The molecular formula is C25H26N2O3S. The van der Waals surface area contributed by atoms with Crippen LogP contribution in [0.5, 0.6) is 0 Å². The second-order valence-electron chi connectivity index (χ2n) is 8.13. The monoisotopic (exact) mass is 434 g/mol. The molecule has 0 saturated carbocycles. The second kappa shape index (κ2) is 8.29. The van der Waals surface area contributed by atoms with Crippen LogP contribution in [-0.2, 0) is 23.0 Å². The van der Waals surface area contributed by atoms with Gasteiger partial charge in [-0.05, 0) is 68.1 Å². The molecule has 0 aliphatic carbocycles. The molecule has 0 saturated heterocycles. The van der Waals surface area contributed by atoms with Gasteiger partial charge in [0.1, 0.15) is 0 Å². The SMILES string of the molecule is Cc1cccc(C(=O)N2CCc3cc(CNS(=O)(=O)c4ccc(C)cc4C)ccc32)c1. The van der Waals surface area contributed by atoms with Gasteiger partial charge in [-0.25, -0.2) is 13.1 Å². The number of aryl methyl sites for hydroxylation is 3. The summed E-state index contributed by atoms with van der Waals surface area (Å²) in [6.45, 7) is 6.54. The Hall–Kier alpha value is -2.96. The first kappa shape index (κ1) is 21.3. The predicted molar refractivity (Wildman–Crippen MR) is 123 cm³/mol. The average molecular weight is 435 g/mol. The molecule has 1 N–H and O–H groups in total. The van der Waals surface area contributed by atoms with Crippen LogP contribution in [0.25, 0.3) is 0 Å². The summed E-state index contributed by atoms with van der Waals surface area (Å²) in [7, 11) is -3.60. The van der Waals surface area contributed by atoms with E-state index in [1.54, 1.807) is 24.0 Å². The number of hydrogen-bond acceptors (Lipinski definition) is 3.